The molecule has 0 unspecified atom stereocenters. The molecule has 0 fully saturated rings. The molecule has 0 aliphatic rings. The molecule has 0 saturated carbocycles. The van der Waals surface area contributed by atoms with Crippen molar-refractivity contribution >= 4 is 39.8 Å². The zero-order valence-corrected chi connectivity index (χ0v) is 20.1. The topological polar surface area (TPSA) is 98.5 Å². The van der Waals surface area contributed by atoms with Gasteiger partial charge in [0.15, 0.2) is 0 Å². The lowest BCUT2D eigenvalue weighted by Crippen LogP contribution is -2.29. The summed E-state index contributed by atoms with van der Waals surface area (Å²) in [6.07, 6.45) is 4.81. The third-order valence-corrected chi connectivity index (χ3v) is 5.58. The Hall–Kier alpha value is -4.37. The molecule has 0 radical (unpaired) electrons. The van der Waals surface area contributed by atoms with Crippen LogP contribution in [0.1, 0.15) is 0 Å². The first-order valence-electron chi connectivity index (χ1n) is 11.2. The SMILES string of the molecule is C=CC(=O)Nc1cc(Nc2nccc(-n3ccc4ccccc43)n2)c(O)cc1N(C)CCN(C)C. The Morgan fingerprint density at radius 2 is 1.91 bits per heavy atom. The Morgan fingerprint density at radius 1 is 1.11 bits per heavy atom. The molecular formula is C26H29N7O2. The molecule has 4 rings (SSSR count). The normalized spacial score (nSPS) is 11.0. The number of benzene rings is 2. The number of rotatable bonds is 9. The highest BCUT2D eigenvalue weighted by Gasteiger charge is 2.16. The monoisotopic (exact) mass is 471 g/mol. The van der Waals surface area contributed by atoms with Gasteiger partial charge in [0.05, 0.1) is 22.6 Å². The Kier molecular flexibility index (Phi) is 6.98. The van der Waals surface area contributed by atoms with Crippen LogP contribution in [0.5, 0.6) is 5.75 Å². The van der Waals surface area contributed by atoms with E-state index in [1.165, 1.54) is 6.08 Å². The summed E-state index contributed by atoms with van der Waals surface area (Å²) in [5, 5.41) is 17.8. The van der Waals surface area contributed by atoms with Crippen LogP contribution in [0.2, 0.25) is 0 Å². The second-order valence-electron chi connectivity index (χ2n) is 8.41. The standard InChI is InChI=1S/C26H29N7O2/c1-5-25(35)28-19-16-20(23(34)17-22(19)32(4)15-14-31(2)3)29-26-27-12-10-24(30-26)33-13-11-18-8-6-7-9-21(18)33/h5-13,16-17,34H,1,14-15H2,2-4H3,(H,28,35)(H,27,29,30). The van der Waals surface area contributed by atoms with E-state index in [-0.39, 0.29) is 11.7 Å². The Balaban J connectivity index is 1.66. The van der Waals surface area contributed by atoms with E-state index in [9.17, 15) is 9.90 Å². The van der Waals surface area contributed by atoms with Crippen molar-refractivity contribution in [2.75, 3.05) is 49.8 Å². The molecule has 0 atom stereocenters. The molecule has 0 saturated heterocycles. The van der Waals surface area contributed by atoms with Crippen LogP contribution in [0.3, 0.4) is 0 Å². The second kappa shape index (κ2) is 10.3. The number of likely N-dealkylation sites (N-methyl/N-ethyl adjacent to an activating group) is 2. The number of para-hydroxylation sites is 1. The lowest BCUT2D eigenvalue weighted by Gasteiger charge is -2.25. The van der Waals surface area contributed by atoms with Crippen LogP contribution in [0, 0.1) is 0 Å². The van der Waals surface area contributed by atoms with Gasteiger partial charge in [0.1, 0.15) is 11.6 Å². The van der Waals surface area contributed by atoms with Crippen LogP contribution < -0.4 is 15.5 Å². The predicted molar refractivity (Wildman–Crippen MR) is 141 cm³/mol. The van der Waals surface area contributed by atoms with E-state index in [0.717, 1.165) is 17.4 Å². The summed E-state index contributed by atoms with van der Waals surface area (Å²) in [5.74, 6) is 0.657. The molecule has 180 valence electrons. The minimum absolute atomic E-state index is 0.00808. The summed E-state index contributed by atoms with van der Waals surface area (Å²) in [6.45, 7) is 5.04. The van der Waals surface area contributed by atoms with Gasteiger partial charge in [-0.2, -0.15) is 4.98 Å². The summed E-state index contributed by atoms with van der Waals surface area (Å²) in [4.78, 5) is 25.1. The Labute approximate surface area is 204 Å². The van der Waals surface area contributed by atoms with Crippen molar-refractivity contribution in [2.45, 2.75) is 0 Å². The van der Waals surface area contributed by atoms with E-state index >= 15 is 0 Å². The summed E-state index contributed by atoms with van der Waals surface area (Å²) < 4.78 is 1.97. The molecule has 3 N–H and O–H groups in total. The van der Waals surface area contributed by atoms with Crippen LogP contribution in [0.15, 0.2) is 73.6 Å². The van der Waals surface area contributed by atoms with Gasteiger partial charge in [-0.1, -0.05) is 24.8 Å². The number of hydrogen-bond acceptors (Lipinski definition) is 7. The van der Waals surface area contributed by atoms with Gasteiger partial charge in [0, 0.05) is 38.6 Å². The van der Waals surface area contributed by atoms with E-state index < -0.39 is 0 Å². The summed E-state index contributed by atoms with van der Waals surface area (Å²) in [6, 6.07) is 15.2. The molecule has 2 heterocycles. The maximum atomic E-state index is 12.1. The Bertz CT molecular complexity index is 1360. The van der Waals surface area contributed by atoms with E-state index in [4.69, 9.17) is 0 Å². The number of nitrogens with one attached hydrogen (secondary N) is 2. The molecule has 1 amide bonds. The smallest absolute Gasteiger partial charge is 0.247 e. The first-order chi connectivity index (χ1) is 16.9. The van der Waals surface area contributed by atoms with Crippen molar-refractivity contribution in [1.82, 2.24) is 19.4 Å². The number of aromatic nitrogens is 3. The fourth-order valence-corrected chi connectivity index (χ4v) is 3.69. The maximum Gasteiger partial charge on any atom is 0.247 e. The molecule has 4 aromatic rings. The van der Waals surface area contributed by atoms with Crippen molar-refractivity contribution in [2.24, 2.45) is 0 Å². The maximum absolute atomic E-state index is 12.1. The number of phenolic OH excluding ortho intramolecular Hbond substituents is 1. The number of nitrogens with zero attached hydrogens (tertiary/aromatic N) is 5. The number of aromatic hydroxyl groups is 1. The quantitative estimate of drug-likeness (QED) is 0.193. The minimum atomic E-state index is -0.346. The number of amides is 1. The molecule has 9 nitrogen and oxygen atoms in total. The van der Waals surface area contributed by atoms with Crippen LogP contribution in [-0.2, 0) is 4.79 Å². The highest BCUT2D eigenvalue weighted by Crippen LogP contribution is 2.37. The van der Waals surface area contributed by atoms with E-state index in [0.29, 0.717) is 35.4 Å². The van der Waals surface area contributed by atoms with Crippen LogP contribution in [-0.4, -0.2) is 64.7 Å². The van der Waals surface area contributed by atoms with E-state index in [1.54, 1.807) is 18.3 Å². The Morgan fingerprint density at radius 3 is 2.69 bits per heavy atom. The third-order valence-electron chi connectivity index (χ3n) is 5.58. The van der Waals surface area contributed by atoms with Crippen LogP contribution in [0.4, 0.5) is 23.0 Å². The van der Waals surface area contributed by atoms with Crippen LogP contribution in [0.25, 0.3) is 16.7 Å². The number of carbonyl (C=O) groups is 1. The summed E-state index contributed by atoms with van der Waals surface area (Å²) >= 11 is 0. The number of carbonyl (C=O) groups excluding carboxylic acids is 1. The number of hydrogen-bond donors (Lipinski definition) is 3. The molecule has 35 heavy (non-hydrogen) atoms. The predicted octanol–water partition coefficient (Wildman–Crippen LogP) is 3.99. The molecule has 2 aromatic heterocycles. The average molecular weight is 472 g/mol. The van der Waals surface area contributed by atoms with Crippen molar-refractivity contribution in [1.29, 1.82) is 0 Å². The van der Waals surface area contributed by atoms with E-state index in [2.05, 4.69) is 32.1 Å². The minimum Gasteiger partial charge on any atom is -0.506 e. The van der Waals surface area contributed by atoms with Gasteiger partial charge in [-0.3, -0.25) is 4.79 Å². The number of anilines is 4. The third kappa shape index (κ3) is 5.42. The highest BCUT2D eigenvalue weighted by molar-refractivity contribution is 6.02. The van der Waals surface area contributed by atoms with Crippen molar-refractivity contribution < 1.29 is 9.90 Å². The first kappa shape index (κ1) is 23.8. The van der Waals surface area contributed by atoms with Gasteiger partial charge < -0.3 is 30.1 Å². The van der Waals surface area contributed by atoms with Gasteiger partial charge in [-0.15, -0.1) is 0 Å². The van der Waals surface area contributed by atoms with E-state index in [1.807, 2.05) is 73.2 Å². The zero-order valence-electron chi connectivity index (χ0n) is 20.1. The molecule has 0 spiro atoms. The summed E-state index contributed by atoms with van der Waals surface area (Å²) in [7, 11) is 5.88. The number of phenols is 1. The fraction of sp³-hybridized carbons (Fsp3) is 0.192. The molecule has 0 bridgehead atoms. The molecular weight excluding hydrogens is 442 g/mol. The van der Waals surface area contributed by atoms with Crippen molar-refractivity contribution in [3.8, 4) is 11.6 Å². The molecule has 9 heteroatoms. The largest absolute Gasteiger partial charge is 0.506 e. The zero-order chi connectivity index (χ0) is 24.9. The highest BCUT2D eigenvalue weighted by atomic mass is 16.3. The number of fused-ring (bicyclic) bond motifs is 1. The van der Waals surface area contributed by atoms with Gasteiger partial charge >= 0.3 is 0 Å². The van der Waals surface area contributed by atoms with Gasteiger partial charge in [0.25, 0.3) is 0 Å². The van der Waals surface area contributed by atoms with Crippen molar-refractivity contribution in [3.05, 3.63) is 73.6 Å². The second-order valence-corrected chi connectivity index (χ2v) is 8.41. The van der Waals surface area contributed by atoms with Gasteiger partial charge in [-0.25, -0.2) is 4.98 Å². The molecule has 0 aliphatic heterocycles. The van der Waals surface area contributed by atoms with Gasteiger partial charge in [-0.05, 0) is 49.8 Å². The van der Waals surface area contributed by atoms with Crippen LogP contribution >= 0.6 is 0 Å². The first-order valence-corrected chi connectivity index (χ1v) is 11.2. The van der Waals surface area contributed by atoms with Crippen molar-refractivity contribution in [3.63, 3.8) is 0 Å². The summed E-state index contributed by atoms with van der Waals surface area (Å²) in [5.41, 5.74) is 2.60. The fourth-order valence-electron chi connectivity index (χ4n) is 3.69. The average Bonchev–Trinajstić information content (AvgIpc) is 3.28. The molecule has 2 aromatic carbocycles. The molecule has 0 aliphatic carbocycles. The lowest BCUT2D eigenvalue weighted by molar-refractivity contribution is -0.111. The lowest BCUT2D eigenvalue weighted by atomic mass is 10.2. The van der Waals surface area contributed by atoms with Gasteiger partial charge in [0.2, 0.25) is 11.9 Å².